The summed E-state index contributed by atoms with van der Waals surface area (Å²) in [7, 11) is 0. The second-order valence-electron chi connectivity index (χ2n) is 3.36. The predicted octanol–water partition coefficient (Wildman–Crippen LogP) is 5.20. The highest BCUT2D eigenvalue weighted by Gasteiger charge is 2.07. The Morgan fingerprint density at radius 2 is 2.06 bits per heavy atom. The van der Waals surface area contributed by atoms with E-state index in [4.69, 9.17) is 39.5 Å². The number of ether oxygens (including phenoxy) is 1. The highest BCUT2D eigenvalue weighted by Crippen LogP contribution is 2.31. The van der Waals surface area contributed by atoms with E-state index >= 15 is 0 Å². The number of rotatable bonds is 4. The van der Waals surface area contributed by atoms with Crippen molar-refractivity contribution in [3.63, 3.8) is 0 Å². The summed E-state index contributed by atoms with van der Waals surface area (Å²) in [6.45, 7) is 5.27. The van der Waals surface area contributed by atoms with E-state index in [1.807, 2.05) is 0 Å². The van der Waals surface area contributed by atoms with Gasteiger partial charge in [0.15, 0.2) is 11.5 Å². The van der Waals surface area contributed by atoms with Gasteiger partial charge in [0.2, 0.25) is 0 Å². The van der Waals surface area contributed by atoms with Gasteiger partial charge in [-0.25, -0.2) is 0 Å². The maximum atomic E-state index is 9.65. The third-order valence-electron chi connectivity index (χ3n) is 1.89. The van der Waals surface area contributed by atoms with Crippen molar-refractivity contribution in [1.82, 2.24) is 0 Å². The second kappa shape index (κ2) is 6.74. The van der Waals surface area contributed by atoms with Gasteiger partial charge in [-0.2, -0.15) is 0 Å². The standard InChI is InChI=1S/C13H11Cl3O2/c1-3-12(10(16)6-8(2)14)18-13-5-4-9(15)7-11(13)17/h3-7,17H,1H2,2H3/b8-6+,12-10-. The summed E-state index contributed by atoms with van der Waals surface area (Å²) in [5, 5.41) is 10.8. The number of hydrogen-bond donors (Lipinski definition) is 1. The first-order valence-corrected chi connectivity index (χ1v) is 6.10. The summed E-state index contributed by atoms with van der Waals surface area (Å²) in [6.07, 6.45) is 2.94. The largest absolute Gasteiger partial charge is 0.504 e. The molecule has 0 radical (unpaired) electrons. The van der Waals surface area contributed by atoms with Crippen molar-refractivity contribution in [2.45, 2.75) is 6.92 Å². The lowest BCUT2D eigenvalue weighted by Gasteiger charge is -2.09. The van der Waals surface area contributed by atoms with Crippen LogP contribution in [0.2, 0.25) is 5.02 Å². The number of hydrogen-bond acceptors (Lipinski definition) is 2. The fourth-order valence-electron chi connectivity index (χ4n) is 1.13. The Balaban J connectivity index is 3.07. The number of aromatic hydroxyl groups is 1. The summed E-state index contributed by atoms with van der Waals surface area (Å²) < 4.78 is 5.43. The molecule has 0 bridgehead atoms. The number of halogens is 3. The van der Waals surface area contributed by atoms with Gasteiger partial charge in [0, 0.05) is 16.1 Å². The number of phenols is 1. The van der Waals surface area contributed by atoms with Crippen LogP contribution in [0.1, 0.15) is 6.92 Å². The first kappa shape index (κ1) is 15.0. The lowest BCUT2D eigenvalue weighted by atomic mass is 10.3. The topological polar surface area (TPSA) is 29.5 Å². The zero-order valence-corrected chi connectivity index (χ0v) is 11.9. The van der Waals surface area contributed by atoms with Crippen LogP contribution < -0.4 is 4.74 Å². The molecule has 0 saturated carbocycles. The molecule has 2 nitrogen and oxygen atoms in total. The second-order valence-corrected chi connectivity index (χ2v) is 4.80. The minimum Gasteiger partial charge on any atom is -0.504 e. The van der Waals surface area contributed by atoms with E-state index in [9.17, 15) is 5.11 Å². The smallest absolute Gasteiger partial charge is 0.169 e. The zero-order valence-electron chi connectivity index (χ0n) is 9.58. The van der Waals surface area contributed by atoms with E-state index in [1.54, 1.807) is 13.0 Å². The molecule has 0 aliphatic heterocycles. The molecular formula is C13H11Cl3O2. The number of allylic oxidation sites excluding steroid dienone is 4. The third-order valence-corrected chi connectivity index (χ3v) is 2.53. The zero-order chi connectivity index (χ0) is 13.7. The summed E-state index contributed by atoms with van der Waals surface area (Å²) in [4.78, 5) is 0. The van der Waals surface area contributed by atoms with E-state index in [1.165, 1.54) is 24.3 Å². The minimum atomic E-state index is -0.0853. The van der Waals surface area contributed by atoms with Crippen LogP contribution in [0.5, 0.6) is 11.5 Å². The SMILES string of the molecule is C=C/C(Oc1ccc(Cl)cc1O)=C(Cl)\C=C(/C)Cl. The van der Waals surface area contributed by atoms with Crippen LogP contribution in [0.25, 0.3) is 0 Å². The molecule has 1 rings (SSSR count). The monoisotopic (exact) mass is 304 g/mol. The normalized spacial score (nSPS) is 13.0. The molecule has 0 unspecified atom stereocenters. The van der Waals surface area contributed by atoms with Crippen LogP contribution in [-0.4, -0.2) is 5.11 Å². The molecule has 1 aromatic rings. The minimum absolute atomic E-state index is 0.0853. The van der Waals surface area contributed by atoms with Gasteiger partial charge in [-0.05, 0) is 31.2 Å². The Morgan fingerprint density at radius 3 is 2.56 bits per heavy atom. The first-order chi connectivity index (χ1) is 8.43. The van der Waals surface area contributed by atoms with Crippen molar-refractivity contribution in [1.29, 1.82) is 0 Å². The molecule has 0 aromatic heterocycles. The Labute approximate surface area is 121 Å². The molecule has 0 aliphatic rings. The number of phenolic OH excluding ortho intramolecular Hbond substituents is 1. The van der Waals surface area contributed by atoms with E-state index in [-0.39, 0.29) is 22.3 Å². The average molecular weight is 306 g/mol. The van der Waals surface area contributed by atoms with Crippen molar-refractivity contribution in [2.24, 2.45) is 0 Å². The van der Waals surface area contributed by atoms with Gasteiger partial charge in [-0.1, -0.05) is 41.4 Å². The van der Waals surface area contributed by atoms with Gasteiger partial charge in [0.25, 0.3) is 0 Å². The van der Waals surface area contributed by atoms with E-state index in [2.05, 4.69) is 6.58 Å². The maximum Gasteiger partial charge on any atom is 0.169 e. The fraction of sp³-hybridized carbons (Fsp3) is 0.0769. The Hall–Kier alpha value is -1.09. The van der Waals surface area contributed by atoms with Crippen LogP contribution in [0, 0.1) is 0 Å². The van der Waals surface area contributed by atoms with Gasteiger partial charge in [0.1, 0.15) is 5.76 Å². The van der Waals surface area contributed by atoms with Crippen LogP contribution in [-0.2, 0) is 0 Å². The van der Waals surface area contributed by atoms with Crippen LogP contribution >= 0.6 is 34.8 Å². The molecule has 18 heavy (non-hydrogen) atoms. The van der Waals surface area contributed by atoms with Crippen molar-refractivity contribution in [3.05, 3.63) is 57.8 Å². The Kier molecular flexibility index (Phi) is 5.60. The Morgan fingerprint density at radius 1 is 1.39 bits per heavy atom. The van der Waals surface area contributed by atoms with Crippen molar-refractivity contribution in [2.75, 3.05) is 0 Å². The quantitative estimate of drug-likeness (QED) is 0.611. The van der Waals surface area contributed by atoms with Crippen LogP contribution in [0.4, 0.5) is 0 Å². The molecule has 0 heterocycles. The highest BCUT2D eigenvalue weighted by atomic mass is 35.5. The molecular weight excluding hydrogens is 294 g/mol. The van der Waals surface area contributed by atoms with Crippen molar-refractivity contribution in [3.8, 4) is 11.5 Å². The Bertz CT molecular complexity index is 515. The molecule has 1 N–H and O–H groups in total. The third kappa shape index (κ3) is 4.30. The number of benzene rings is 1. The van der Waals surface area contributed by atoms with Gasteiger partial charge >= 0.3 is 0 Å². The first-order valence-electron chi connectivity index (χ1n) is 4.96. The molecule has 1 aromatic carbocycles. The summed E-state index contributed by atoms with van der Waals surface area (Å²) >= 11 is 17.4. The average Bonchev–Trinajstić information content (AvgIpc) is 2.27. The predicted molar refractivity (Wildman–Crippen MR) is 76.4 cm³/mol. The van der Waals surface area contributed by atoms with Crippen molar-refractivity contribution >= 4 is 34.8 Å². The lowest BCUT2D eigenvalue weighted by molar-refractivity contribution is 0.391. The molecule has 0 saturated heterocycles. The molecule has 0 fully saturated rings. The molecule has 0 aliphatic carbocycles. The molecule has 0 atom stereocenters. The maximum absolute atomic E-state index is 9.65. The molecule has 0 spiro atoms. The summed E-state index contributed by atoms with van der Waals surface area (Å²) in [5.74, 6) is 0.431. The summed E-state index contributed by atoms with van der Waals surface area (Å²) in [6, 6.07) is 4.49. The van der Waals surface area contributed by atoms with E-state index in [0.29, 0.717) is 10.1 Å². The lowest BCUT2D eigenvalue weighted by Crippen LogP contribution is -1.94. The molecule has 5 heteroatoms. The van der Waals surface area contributed by atoms with Gasteiger partial charge in [0.05, 0.1) is 5.03 Å². The van der Waals surface area contributed by atoms with Crippen molar-refractivity contribution < 1.29 is 9.84 Å². The molecule has 96 valence electrons. The van der Waals surface area contributed by atoms with E-state index in [0.717, 1.165) is 0 Å². The van der Waals surface area contributed by atoms with Crippen LogP contribution in [0.3, 0.4) is 0 Å². The summed E-state index contributed by atoms with van der Waals surface area (Å²) in [5.41, 5.74) is 0. The van der Waals surface area contributed by atoms with Crippen LogP contribution in [0.15, 0.2) is 52.8 Å². The van der Waals surface area contributed by atoms with E-state index < -0.39 is 0 Å². The fourth-order valence-corrected chi connectivity index (χ4v) is 1.74. The van der Waals surface area contributed by atoms with Gasteiger partial charge < -0.3 is 9.84 Å². The van der Waals surface area contributed by atoms with Gasteiger partial charge in [-0.15, -0.1) is 0 Å². The highest BCUT2D eigenvalue weighted by molar-refractivity contribution is 6.34. The van der Waals surface area contributed by atoms with Gasteiger partial charge in [-0.3, -0.25) is 0 Å². The molecule has 0 amide bonds.